The van der Waals surface area contributed by atoms with Gasteiger partial charge in [-0.1, -0.05) is 40.5 Å². The van der Waals surface area contributed by atoms with Crippen LogP contribution in [0.2, 0.25) is 10.2 Å². The van der Waals surface area contributed by atoms with Crippen molar-refractivity contribution in [3.05, 3.63) is 87.1 Å². The molecule has 19 heteroatoms. The van der Waals surface area contributed by atoms with E-state index in [1.165, 1.54) is 15.6 Å². The molecule has 4 heterocycles. The molecular weight excluding hydrogens is 720 g/mol. The first kappa shape index (κ1) is 37.1. The number of benzene rings is 2. The maximum atomic E-state index is 13.7. The van der Waals surface area contributed by atoms with Crippen LogP contribution in [-0.2, 0) is 9.59 Å². The number of hydrogen-bond donors (Lipinski definition) is 3. The summed E-state index contributed by atoms with van der Waals surface area (Å²) in [5.74, 6) is -2.05. The molecule has 2 aromatic carbocycles. The lowest BCUT2D eigenvalue weighted by Crippen LogP contribution is -2.60. The fourth-order valence-corrected chi connectivity index (χ4v) is 6.19. The zero-order chi connectivity index (χ0) is 36.9. The van der Waals surface area contributed by atoms with Crippen LogP contribution in [0, 0.1) is 0 Å². The number of carboxylic acid groups (broad SMARTS) is 2. The molecular formula is C32H31Cl2F3N8O6. The Morgan fingerprint density at radius 1 is 1.00 bits per heavy atom. The van der Waals surface area contributed by atoms with Crippen LogP contribution in [0.4, 0.5) is 23.7 Å². The molecule has 0 aliphatic carbocycles. The van der Waals surface area contributed by atoms with Gasteiger partial charge in [-0.3, -0.25) is 19.0 Å². The molecule has 1 saturated heterocycles. The summed E-state index contributed by atoms with van der Waals surface area (Å²) in [6.45, 7) is 1.18. The van der Waals surface area contributed by atoms with Crippen molar-refractivity contribution >= 4 is 46.9 Å². The smallest absolute Gasteiger partial charge is 0.407 e. The molecule has 51 heavy (non-hydrogen) atoms. The normalized spacial score (nSPS) is 17.9. The van der Waals surface area contributed by atoms with Crippen molar-refractivity contribution in [2.75, 3.05) is 31.1 Å². The maximum absolute atomic E-state index is 13.7. The van der Waals surface area contributed by atoms with E-state index in [-0.39, 0.29) is 35.8 Å². The number of aromatic nitrogens is 5. The average Bonchev–Trinajstić information content (AvgIpc) is 3.50. The molecule has 1 fully saturated rings. The summed E-state index contributed by atoms with van der Waals surface area (Å²) in [5.41, 5.74) is 3.09. The van der Waals surface area contributed by atoms with Gasteiger partial charge >= 0.3 is 18.2 Å². The molecule has 14 nitrogen and oxygen atoms in total. The van der Waals surface area contributed by atoms with Crippen LogP contribution in [0.15, 0.2) is 65.8 Å². The fraction of sp³-hybridized carbons (Fsp3) is 0.344. The Balaban J connectivity index is 0.000000565. The second kappa shape index (κ2) is 15.8. The van der Waals surface area contributed by atoms with Gasteiger partial charge in [0.15, 0.2) is 5.15 Å². The molecule has 0 saturated carbocycles. The fourth-order valence-electron chi connectivity index (χ4n) is 5.90. The molecule has 2 aliphatic heterocycles. The van der Waals surface area contributed by atoms with Crippen LogP contribution in [0.1, 0.15) is 37.3 Å². The van der Waals surface area contributed by atoms with Crippen LogP contribution in [-0.4, -0.2) is 96.0 Å². The Morgan fingerprint density at radius 3 is 2.43 bits per heavy atom. The van der Waals surface area contributed by atoms with Gasteiger partial charge in [-0.25, -0.2) is 14.5 Å². The number of hydrogen-bond acceptors (Lipinski definition) is 8. The number of aliphatic carboxylic acids is 1. The number of fused-ring (bicyclic) bond motifs is 4. The highest BCUT2D eigenvalue weighted by Gasteiger charge is 2.35. The third-order valence-electron chi connectivity index (χ3n) is 8.21. The minimum atomic E-state index is -4.58. The zero-order valence-corrected chi connectivity index (χ0v) is 28.1. The van der Waals surface area contributed by atoms with E-state index >= 15 is 0 Å². The summed E-state index contributed by atoms with van der Waals surface area (Å²) in [7, 11) is 0. The number of amides is 2. The van der Waals surface area contributed by atoms with E-state index in [1.807, 2.05) is 29.2 Å². The highest BCUT2D eigenvalue weighted by Crippen LogP contribution is 2.31. The highest BCUT2D eigenvalue weighted by atomic mass is 35.5. The summed E-state index contributed by atoms with van der Waals surface area (Å²) in [6.07, 6.45) is -2.18. The van der Waals surface area contributed by atoms with E-state index < -0.39 is 30.7 Å². The van der Waals surface area contributed by atoms with Gasteiger partial charge in [-0.2, -0.15) is 13.2 Å². The maximum Gasteiger partial charge on any atom is 0.407 e. The molecule has 6 rings (SSSR count). The highest BCUT2D eigenvalue weighted by molar-refractivity contribution is 6.31. The van der Waals surface area contributed by atoms with Gasteiger partial charge in [0.2, 0.25) is 5.91 Å². The van der Waals surface area contributed by atoms with Crippen LogP contribution in [0.5, 0.6) is 0 Å². The molecule has 2 amide bonds. The Morgan fingerprint density at radius 2 is 1.78 bits per heavy atom. The second-order valence-electron chi connectivity index (χ2n) is 11.7. The molecule has 0 radical (unpaired) electrons. The van der Waals surface area contributed by atoms with Crippen LogP contribution in [0.3, 0.4) is 0 Å². The van der Waals surface area contributed by atoms with Crippen molar-refractivity contribution in [3.63, 3.8) is 0 Å². The average molecular weight is 752 g/mol. The lowest BCUT2D eigenvalue weighted by molar-refractivity contribution is -0.166. The van der Waals surface area contributed by atoms with Crippen LogP contribution < -0.4 is 15.8 Å². The number of nitrogens with one attached hydrogen (secondary N) is 1. The predicted molar refractivity (Wildman–Crippen MR) is 179 cm³/mol. The molecule has 2 aromatic heterocycles. The van der Waals surface area contributed by atoms with Crippen molar-refractivity contribution in [1.29, 1.82) is 0 Å². The van der Waals surface area contributed by atoms with Crippen molar-refractivity contribution in [3.8, 4) is 16.9 Å². The number of halogens is 5. The lowest BCUT2D eigenvalue weighted by Gasteiger charge is -2.41. The van der Waals surface area contributed by atoms with E-state index in [0.29, 0.717) is 47.9 Å². The van der Waals surface area contributed by atoms with Gasteiger partial charge in [0.1, 0.15) is 12.5 Å². The second-order valence-corrected chi connectivity index (χ2v) is 12.5. The SMILES string of the molecule is O=C(O)CC(F)(F)F.O=C1NCCCC[C@H](n2cnc(-c3cc(Cl)ccc3-n3cc(Cl)nn3)cc2=O)c2cccc(c2)N2CCN(C(=O)O)C[C@H]12. The lowest BCUT2D eigenvalue weighted by atomic mass is 9.98. The monoisotopic (exact) mass is 750 g/mol. The van der Waals surface area contributed by atoms with Crippen LogP contribution in [0.25, 0.3) is 16.9 Å². The molecule has 270 valence electrons. The standard InChI is InChI=1S/C29H28Cl2N8O4.C3H3F3O2/c30-19-7-8-24(39-16-26(31)34-35-39)21(13-19)22-14-27(40)38(17-33-22)23-6-1-2-9-32-28(41)25-15-36(29(42)43)10-11-37(25)20-5-3-4-18(23)12-20;4-3(5,6)1-2(7)8/h3-5,7-8,12-14,16-17,23,25H,1-2,6,9-11,15H2,(H,32,41)(H,42,43);1H2,(H,7,8)/t23-,25+;/m0./s1. The zero-order valence-electron chi connectivity index (χ0n) is 26.6. The largest absolute Gasteiger partial charge is 0.481 e. The van der Waals surface area contributed by atoms with Crippen molar-refractivity contribution in [2.45, 2.75) is 43.9 Å². The molecule has 2 bridgehead atoms. The van der Waals surface area contributed by atoms with E-state index in [4.69, 9.17) is 28.3 Å². The molecule has 4 aromatic rings. The van der Waals surface area contributed by atoms with Gasteiger partial charge in [-0.15, -0.1) is 5.10 Å². The van der Waals surface area contributed by atoms with Gasteiger partial charge < -0.3 is 25.3 Å². The molecule has 0 spiro atoms. The summed E-state index contributed by atoms with van der Waals surface area (Å²) < 4.78 is 35.9. The minimum absolute atomic E-state index is 0.0753. The summed E-state index contributed by atoms with van der Waals surface area (Å²) in [4.78, 5) is 55.6. The topological polar surface area (TPSA) is 176 Å². The Kier molecular flexibility index (Phi) is 11.5. The predicted octanol–water partition coefficient (Wildman–Crippen LogP) is 4.88. The van der Waals surface area contributed by atoms with Gasteiger partial charge in [-0.05, 0) is 55.2 Å². The first-order chi connectivity index (χ1) is 24.2. The molecule has 2 aliphatic rings. The summed E-state index contributed by atoms with van der Waals surface area (Å²) >= 11 is 12.3. The number of piperazine rings is 1. The first-order valence-corrected chi connectivity index (χ1v) is 16.3. The third-order valence-corrected chi connectivity index (χ3v) is 8.62. The summed E-state index contributed by atoms with van der Waals surface area (Å²) in [6, 6.07) is 13.5. The minimum Gasteiger partial charge on any atom is -0.481 e. The van der Waals surface area contributed by atoms with Gasteiger partial charge in [0.25, 0.3) is 5.56 Å². The van der Waals surface area contributed by atoms with E-state index in [1.54, 1.807) is 35.3 Å². The number of nitrogens with zero attached hydrogens (tertiary/aromatic N) is 7. The van der Waals surface area contributed by atoms with Crippen LogP contribution >= 0.6 is 23.2 Å². The van der Waals surface area contributed by atoms with E-state index in [0.717, 1.165) is 17.7 Å². The van der Waals surface area contributed by atoms with Crippen molar-refractivity contribution in [2.24, 2.45) is 0 Å². The first-order valence-electron chi connectivity index (χ1n) is 15.6. The number of carboxylic acids is 1. The van der Waals surface area contributed by atoms with Crippen molar-refractivity contribution < 1.29 is 37.8 Å². The quantitative estimate of drug-likeness (QED) is 0.261. The Bertz CT molecular complexity index is 1970. The third kappa shape index (κ3) is 9.35. The number of alkyl halides is 3. The Hall–Kier alpha value is -5.16. The Labute approximate surface area is 298 Å². The number of carbonyl (C=O) groups excluding carboxylic acids is 1. The van der Waals surface area contributed by atoms with Crippen molar-refractivity contribution in [1.82, 2.24) is 34.8 Å². The number of rotatable bonds is 4. The number of anilines is 1. The molecule has 3 N–H and O–H groups in total. The molecule has 2 atom stereocenters. The van der Waals surface area contributed by atoms with E-state index in [2.05, 4.69) is 20.6 Å². The van der Waals surface area contributed by atoms with Gasteiger partial charge in [0.05, 0.1) is 36.5 Å². The molecule has 0 unspecified atom stereocenters. The number of carbonyl (C=O) groups is 3. The summed E-state index contributed by atoms with van der Waals surface area (Å²) in [5, 5.41) is 28.6. The van der Waals surface area contributed by atoms with Gasteiger partial charge in [0, 0.05) is 42.0 Å². The van der Waals surface area contributed by atoms with E-state index in [9.17, 15) is 37.5 Å².